The minimum absolute atomic E-state index is 0.113. The number of nitrogens with zero attached hydrogens (tertiary/aromatic N) is 3. The average Bonchev–Trinajstić information content (AvgIpc) is 3.06. The minimum Gasteiger partial charge on any atom is -0.411 e. The van der Waals surface area contributed by atoms with Crippen molar-refractivity contribution in [3.05, 3.63) is 53.9 Å². The predicted octanol–water partition coefficient (Wildman–Crippen LogP) is 3.87. The zero-order valence-electron chi connectivity index (χ0n) is 14.2. The van der Waals surface area contributed by atoms with E-state index < -0.39 is 0 Å². The molecule has 1 aromatic carbocycles. The van der Waals surface area contributed by atoms with Crippen LogP contribution >= 0.6 is 11.8 Å². The Bertz CT molecular complexity index is 880. The number of anilines is 1. The molecule has 0 aliphatic heterocycles. The molecule has 128 valence electrons. The van der Waals surface area contributed by atoms with Gasteiger partial charge in [-0.2, -0.15) is 0 Å². The zero-order valence-corrected chi connectivity index (χ0v) is 15.0. The first-order chi connectivity index (χ1) is 12.0. The molecule has 0 bridgehead atoms. The Labute approximate surface area is 150 Å². The van der Waals surface area contributed by atoms with Gasteiger partial charge in [0, 0.05) is 18.1 Å². The van der Waals surface area contributed by atoms with E-state index in [4.69, 9.17) is 4.42 Å². The van der Waals surface area contributed by atoms with Crippen molar-refractivity contribution in [2.75, 3.05) is 5.32 Å². The number of nitrogens with one attached hydrogen (secondary N) is 1. The summed E-state index contributed by atoms with van der Waals surface area (Å²) in [5.41, 5.74) is 3.74. The fraction of sp³-hybridized carbons (Fsp3) is 0.222. The normalized spacial score (nSPS) is 12.0. The molecule has 0 spiro atoms. The summed E-state index contributed by atoms with van der Waals surface area (Å²) in [5, 5.41) is 10.9. The molecule has 3 aromatic rings. The summed E-state index contributed by atoms with van der Waals surface area (Å²) >= 11 is 1.22. The van der Waals surface area contributed by atoms with E-state index in [-0.39, 0.29) is 11.2 Å². The lowest BCUT2D eigenvalue weighted by atomic mass is 10.1. The van der Waals surface area contributed by atoms with Crippen LogP contribution in [0.2, 0.25) is 0 Å². The van der Waals surface area contributed by atoms with Crippen LogP contribution in [0.5, 0.6) is 0 Å². The maximum atomic E-state index is 12.4. The van der Waals surface area contributed by atoms with Gasteiger partial charge in [-0.1, -0.05) is 29.5 Å². The second-order valence-corrected chi connectivity index (χ2v) is 6.97. The third-order valence-electron chi connectivity index (χ3n) is 3.60. The van der Waals surface area contributed by atoms with Crippen molar-refractivity contribution in [3.8, 4) is 11.5 Å². The molecule has 1 amide bonds. The second kappa shape index (κ2) is 7.48. The number of carbonyl (C=O) groups is 1. The van der Waals surface area contributed by atoms with Gasteiger partial charge in [-0.15, -0.1) is 10.2 Å². The number of aromatic nitrogens is 3. The number of hydrogen-bond donors (Lipinski definition) is 1. The van der Waals surface area contributed by atoms with Gasteiger partial charge in [-0.3, -0.25) is 9.78 Å². The van der Waals surface area contributed by atoms with Gasteiger partial charge in [0.25, 0.3) is 5.22 Å². The van der Waals surface area contributed by atoms with Crippen molar-refractivity contribution in [2.24, 2.45) is 0 Å². The van der Waals surface area contributed by atoms with Crippen molar-refractivity contribution < 1.29 is 9.21 Å². The molecule has 0 fully saturated rings. The Kier molecular flexibility index (Phi) is 5.14. The highest BCUT2D eigenvalue weighted by Crippen LogP contribution is 2.26. The van der Waals surface area contributed by atoms with Gasteiger partial charge in [0.2, 0.25) is 11.8 Å². The highest BCUT2D eigenvalue weighted by atomic mass is 32.2. The van der Waals surface area contributed by atoms with Crippen LogP contribution in [-0.4, -0.2) is 26.3 Å². The van der Waals surface area contributed by atoms with Crippen LogP contribution in [0, 0.1) is 13.8 Å². The van der Waals surface area contributed by atoms with Crippen LogP contribution < -0.4 is 5.32 Å². The van der Waals surface area contributed by atoms with E-state index in [9.17, 15) is 4.79 Å². The fourth-order valence-corrected chi connectivity index (χ4v) is 2.94. The number of rotatable bonds is 5. The van der Waals surface area contributed by atoms with Crippen molar-refractivity contribution in [1.82, 2.24) is 15.2 Å². The number of hydrogen-bond acceptors (Lipinski definition) is 6. The van der Waals surface area contributed by atoms with Gasteiger partial charge in [-0.05, 0) is 44.5 Å². The van der Waals surface area contributed by atoms with Gasteiger partial charge >= 0.3 is 0 Å². The summed E-state index contributed by atoms with van der Waals surface area (Å²) in [7, 11) is 0. The van der Waals surface area contributed by atoms with Crippen LogP contribution in [0.3, 0.4) is 0 Å². The molecular formula is C18H18N4O2S. The predicted molar refractivity (Wildman–Crippen MR) is 97.4 cm³/mol. The Morgan fingerprint density at radius 3 is 2.80 bits per heavy atom. The maximum Gasteiger partial charge on any atom is 0.277 e. The molecule has 1 atom stereocenters. The Morgan fingerprint density at radius 1 is 1.24 bits per heavy atom. The molecule has 6 nitrogen and oxygen atoms in total. The fourth-order valence-electron chi connectivity index (χ4n) is 2.26. The van der Waals surface area contributed by atoms with Crippen molar-refractivity contribution in [2.45, 2.75) is 31.2 Å². The third-order valence-corrected chi connectivity index (χ3v) is 4.54. The number of aryl methyl sites for hydroxylation is 2. The summed E-state index contributed by atoms with van der Waals surface area (Å²) in [6.45, 7) is 5.79. The van der Waals surface area contributed by atoms with Crippen molar-refractivity contribution in [3.63, 3.8) is 0 Å². The first kappa shape index (κ1) is 17.2. The first-order valence-corrected chi connectivity index (χ1v) is 8.69. The molecule has 0 saturated carbocycles. The lowest BCUT2D eigenvalue weighted by molar-refractivity contribution is -0.115. The van der Waals surface area contributed by atoms with Crippen molar-refractivity contribution in [1.29, 1.82) is 0 Å². The standard InChI is InChI=1S/C18H18N4O2S/c1-11-6-7-15(12(2)9-11)20-16(23)13(3)25-18-22-21-17(24-18)14-5-4-8-19-10-14/h4-10,13H,1-3H3,(H,20,23)/t13-/m1/s1. The second-order valence-electron chi connectivity index (χ2n) is 5.68. The maximum absolute atomic E-state index is 12.4. The number of thioether (sulfide) groups is 1. The highest BCUT2D eigenvalue weighted by Gasteiger charge is 2.19. The van der Waals surface area contributed by atoms with E-state index in [1.165, 1.54) is 11.8 Å². The van der Waals surface area contributed by atoms with Gasteiger partial charge in [0.1, 0.15) is 0 Å². The van der Waals surface area contributed by atoms with Gasteiger partial charge in [-0.25, -0.2) is 0 Å². The molecule has 0 unspecified atom stereocenters. The minimum atomic E-state index is -0.372. The SMILES string of the molecule is Cc1ccc(NC(=O)[C@@H](C)Sc2nnc(-c3cccnc3)o2)c(C)c1. The molecule has 2 aromatic heterocycles. The molecule has 0 aliphatic rings. The summed E-state index contributed by atoms with van der Waals surface area (Å²) in [6, 6.07) is 9.55. The Hall–Kier alpha value is -2.67. The van der Waals surface area contributed by atoms with E-state index in [1.54, 1.807) is 25.4 Å². The van der Waals surface area contributed by atoms with Crippen LogP contribution in [0.25, 0.3) is 11.5 Å². The van der Waals surface area contributed by atoms with E-state index in [0.29, 0.717) is 11.1 Å². The monoisotopic (exact) mass is 354 g/mol. The molecule has 3 rings (SSSR count). The van der Waals surface area contributed by atoms with Crippen LogP contribution in [0.1, 0.15) is 18.1 Å². The van der Waals surface area contributed by atoms with E-state index >= 15 is 0 Å². The molecule has 7 heteroatoms. The summed E-state index contributed by atoms with van der Waals surface area (Å²) in [5.74, 6) is 0.274. The number of benzene rings is 1. The van der Waals surface area contributed by atoms with E-state index in [2.05, 4.69) is 20.5 Å². The third kappa shape index (κ3) is 4.24. The van der Waals surface area contributed by atoms with Crippen LogP contribution in [-0.2, 0) is 4.79 Å². The molecule has 0 aliphatic carbocycles. The quantitative estimate of drug-likeness (QED) is 0.701. The summed E-state index contributed by atoms with van der Waals surface area (Å²) in [6.07, 6.45) is 3.33. The van der Waals surface area contributed by atoms with Crippen molar-refractivity contribution >= 4 is 23.4 Å². The average molecular weight is 354 g/mol. The number of amides is 1. The van der Waals surface area contributed by atoms with E-state index in [1.807, 2.05) is 38.1 Å². The van der Waals surface area contributed by atoms with Gasteiger partial charge < -0.3 is 9.73 Å². The zero-order chi connectivity index (χ0) is 17.8. The topological polar surface area (TPSA) is 80.9 Å². The molecule has 0 radical (unpaired) electrons. The lowest BCUT2D eigenvalue weighted by Crippen LogP contribution is -2.22. The van der Waals surface area contributed by atoms with Crippen LogP contribution in [0.4, 0.5) is 5.69 Å². The Morgan fingerprint density at radius 2 is 2.08 bits per heavy atom. The van der Waals surface area contributed by atoms with Crippen LogP contribution in [0.15, 0.2) is 52.4 Å². The van der Waals surface area contributed by atoms with E-state index in [0.717, 1.165) is 22.4 Å². The number of pyridine rings is 1. The summed E-state index contributed by atoms with van der Waals surface area (Å²) in [4.78, 5) is 16.4. The highest BCUT2D eigenvalue weighted by molar-refractivity contribution is 8.00. The molecule has 2 heterocycles. The largest absolute Gasteiger partial charge is 0.411 e. The number of carbonyl (C=O) groups excluding carboxylic acids is 1. The van der Waals surface area contributed by atoms with Gasteiger partial charge in [0.05, 0.1) is 10.8 Å². The molecule has 0 saturated heterocycles. The molecule has 25 heavy (non-hydrogen) atoms. The summed E-state index contributed by atoms with van der Waals surface area (Å²) < 4.78 is 5.60. The molecular weight excluding hydrogens is 336 g/mol. The smallest absolute Gasteiger partial charge is 0.277 e. The van der Waals surface area contributed by atoms with Gasteiger partial charge in [0.15, 0.2) is 0 Å². The molecule has 1 N–H and O–H groups in total. The Balaban J connectivity index is 1.65. The first-order valence-electron chi connectivity index (χ1n) is 7.81. The lowest BCUT2D eigenvalue weighted by Gasteiger charge is -2.12.